The van der Waals surface area contributed by atoms with Crippen molar-refractivity contribution < 1.29 is 4.39 Å². The van der Waals surface area contributed by atoms with E-state index in [9.17, 15) is 4.39 Å². The molecular weight excluding hydrogens is 225 g/mol. The molecule has 0 heterocycles. The van der Waals surface area contributed by atoms with Crippen molar-refractivity contribution in [3.63, 3.8) is 0 Å². The summed E-state index contributed by atoms with van der Waals surface area (Å²) in [5.41, 5.74) is 5.48. The van der Waals surface area contributed by atoms with Crippen molar-refractivity contribution in [2.24, 2.45) is 5.73 Å². The van der Waals surface area contributed by atoms with Crippen molar-refractivity contribution in [2.75, 3.05) is 6.54 Å². The Labute approximate surface area is 101 Å². The van der Waals surface area contributed by atoms with Crippen LogP contribution in [0.3, 0.4) is 0 Å². The highest BCUT2D eigenvalue weighted by Crippen LogP contribution is 2.48. The first-order chi connectivity index (χ1) is 7.49. The van der Waals surface area contributed by atoms with Gasteiger partial charge in [-0.1, -0.05) is 29.8 Å². The maximum absolute atomic E-state index is 14.0. The lowest BCUT2D eigenvalue weighted by Crippen LogP contribution is -2.34. The second kappa shape index (κ2) is 4.01. The molecule has 1 nitrogen and oxygen atoms in total. The smallest absolute Gasteiger partial charge is 0.109 e. The molecular formula is C13H17ClFN. The van der Waals surface area contributed by atoms with Crippen LogP contribution >= 0.6 is 11.6 Å². The molecule has 0 radical (unpaired) electrons. The summed E-state index contributed by atoms with van der Waals surface area (Å²) >= 11 is 6.19. The van der Waals surface area contributed by atoms with E-state index in [0.717, 1.165) is 12.0 Å². The Hall–Kier alpha value is -0.600. The van der Waals surface area contributed by atoms with E-state index in [1.54, 1.807) is 6.92 Å². The highest BCUT2D eigenvalue weighted by atomic mass is 35.5. The summed E-state index contributed by atoms with van der Waals surface area (Å²) in [6.07, 6.45) is 1.82. The third-order valence-corrected chi connectivity index (χ3v) is 4.00. The molecule has 0 bridgehead atoms. The van der Waals surface area contributed by atoms with Crippen molar-refractivity contribution in [1.82, 2.24) is 0 Å². The van der Waals surface area contributed by atoms with Crippen LogP contribution in [0.1, 0.15) is 31.7 Å². The second-order valence-electron chi connectivity index (χ2n) is 5.05. The summed E-state index contributed by atoms with van der Waals surface area (Å²) in [5.74, 6) is 0. The van der Waals surface area contributed by atoms with E-state index < -0.39 is 5.67 Å². The van der Waals surface area contributed by atoms with Gasteiger partial charge >= 0.3 is 0 Å². The summed E-state index contributed by atoms with van der Waals surface area (Å²) < 4.78 is 14.0. The number of benzene rings is 1. The van der Waals surface area contributed by atoms with E-state index in [0.29, 0.717) is 24.4 Å². The topological polar surface area (TPSA) is 26.0 Å². The van der Waals surface area contributed by atoms with Gasteiger partial charge in [-0.05, 0) is 37.8 Å². The minimum atomic E-state index is -1.11. The third-order valence-electron chi connectivity index (χ3n) is 3.67. The normalized spacial score (nSPS) is 34.2. The zero-order valence-corrected chi connectivity index (χ0v) is 10.2. The monoisotopic (exact) mass is 241 g/mol. The zero-order chi connectivity index (χ0) is 11.8. The first-order valence-electron chi connectivity index (χ1n) is 5.63. The third kappa shape index (κ3) is 1.96. The molecule has 2 rings (SSSR count). The van der Waals surface area contributed by atoms with Gasteiger partial charge in [0.25, 0.3) is 0 Å². The molecule has 0 spiro atoms. The van der Waals surface area contributed by atoms with Gasteiger partial charge in [0.05, 0.1) is 0 Å². The standard InChI is InChI=1S/C13H17ClFN/c1-12(15)6-7-13(8-12,9-16)10-4-2-3-5-11(10)14/h2-5H,6-9,16H2,1H3. The molecule has 1 aliphatic carbocycles. The Morgan fingerprint density at radius 2 is 2.06 bits per heavy atom. The van der Waals surface area contributed by atoms with Crippen molar-refractivity contribution in [3.05, 3.63) is 34.9 Å². The average molecular weight is 242 g/mol. The fourth-order valence-electron chi connectivity index (χ4n) is 2.79. The second-order valence-corrected chi connectivity index (χ2v) is 5.46. The minimum absolute atomic E-state index is 0.276. The molecule has 0 aliphatic heterocycles. The molecule has 3 heteroatoms. The molecule has 2 N–H and O–H groups in total. The van der Waals surface area contributed by atoms with Gasteiger partial charge in [-0.2, -0.15) is 0 Å². The summed E-state index contributed by atoms with van der Waals surface area (Å²) in [4.78, 5) is 0. The molecule has 1 aromatic rings. The van der Waals surface area contributed by atoms with Crippen molar-refractivity contribution in [2.45, 2.75) is 37.3 Å². The summed E-state index contributed by atoms with van der Waals surface area (Å²) in [6, 6.07) is 7.64. The van der Waals surface area contributed by atoms with E-state index in [4.69, 9.17) is 17.3 Å². The molecule has 1 fully saturated rings. The number of hydrogen-bond donors (Lipinski definition) is 1. The summed E-state index contributed by atoms with van der Waals surface area (Å²) in [5, 5.41) is 0.700. The van der Waals surface area contributed by atoms with Crippen LogP contribution < -0.4 is 5.73 Å². The van der Waals surface area contributed by atoms with Gasteiger partial charge in [0.2, 0.25) is 0 Å². The molecule has 0 amide bonds. The molecule has 1 aromatic carbocycles. The van der Waals surface area contributed by atoms with Crippen LogP contribution in [0.4, 0.5) is 4.39 Å². The molecule has 0 aromatic heterocycles. The van der Waals surface area contributed by atoms with Crippen LogP contribution in [-0.4, -0.2) is 12.2 Å². The number of alkyl halides is 1. The quantitative estimate of drug-likeness (QED) is 0.843. The Kier molecular flexibility index (Phi) is 2.97. The van der Waals surface area contributed by atoms with E-state index >= 15 is 0 Å². The number of nitrogens with two attached hydrogens (primary N) is 1. The van der Waals surface area contributed by atoms with Crippen LogP contribution in [0, 0.1) is 0 Å². The molecule has 1 saturated carbocycles. The van der Waals surface area contributed by atoms with Gasteiger partial charge in [-0.3, -0.25) is 0 Å². The largest absolute Gasteiger partial charge is 0.330 e. The van der Waals surface area contributed by atoms with Crippen LogP contribution in [-0.2, 0) is 5.41 Å². The predicted octanol–water partition coefficient (Wildman–Crippen LogP) is 3.45. The van der Waals surface area contributed by atoms with Crippen LogP contribution in [0.25, 0.3) is 0 Å². The van der Waals surface area contributed by atoms with Gasteiger partial charge in [0, 0.05) is 17.0 Å². The Morgan fingerprint density at radius 3 is 2.56 bits per heavy atom. The van der Waals surface area contributed by atoms with Crippen LogP contribution in [0.15, 0.2) is 24.3 Å². The molecule has 16 heavy (non-hydrogen) atoms. The molecule has 88 valence electrons. The van der Waals surface area contributed by atoms with E-state index in [1.807, 2.05) is 24.3 Å². The van der Waals surface area contributed by atoms with E-state index in [-0.39, 0.29) is 5.41 Å². The first kappa shape index (κ1) is 11.9. The van der Waals surface area contributed by atoms with Gasteiger partial charge in [0.1, 0.15) is 5.67 Å². The molecule has 1 aliphatic rings. The Morgan fingerprint density at radius 1 is 1.38 bits per heavy atom. The molecule has 2 atom stereocenters. The predicted molar refractivity (Wildman–Crippen MR) is 65.5 cm³/mol. The molecule has 0 saturated heterocycles. The maximum Gasteiger partial charge on any atom is 0.109 e. The van der Waals surface area contributed by atoms with Gasteiger partial charge in [0.15, 0.2) is 0 Å². The summed E-state index contributed by atoms with van der Waals surface area (Å²) in [7, 11) is 0. The number of hydrogen-bond acceptors (Lipinski definition) is 1. The lowest BCUT2D eigenvalue weighted by molar-refractivity contribution is 0.187. The minimum Gasteiger partial charge on any atom is -0.330 e. The lowest BCUT2D eigenvalue weighted by Gasteiger charge is -2.29. The zero-order valence-electron chi connectivity index (χ0n) is 9.47. The fourth-order valence-corrected chi connectivity index (χ4v) is 3.12. The Bertz CT molecular complexity index is 391. The SMILES string of the molecule is CC1(F)CCC(CN)(c2ccccc2Cl)C1. The van der Waals surface area contributed by atoms with Crippen molar-refractivity contribution >= 4 is 11.6 Å². The van der Waals surface area contributed by atoms with Crippen LogP contribution in [0.5, 0.6) is 0 Å². The van der Waals surface area contributed by atoms with E-state index in [2.05, 4.69) is 0 Å². The average Bonchev–Trinajstić information content (AvgIpc) is 2.56. The first-order valence-corrected chi connectivity index (χ1v) is 6.01. The lowest BCUT2D eigenvalue weighted by atomic mass is 9.78. The van der Waals surface area contributed by atoms with Gasteiger partial charge in [-0.15, -0.1) is 0 Å². The van der Waals surface area contributed by atoms with Crippen molar-refractivity contribution in [1.29, 1.82) is 0 Å². The van der Waals surface area contributed by atoms with Crippen molar-refractivity contribution in [3.8, 4) is 0 Å². The maximum atomic E-state index is 14.0. The highest BCUT2D eigenvalue weighted by molar-refractivity contribution is 6.31. The van der Waals surface area contributed by atoms with E-state index in [1.165, 1.54) is 0 Å². The summed E-state index contributed by atoms with van der Waals surface area (Å²) in [6.45, 7) is 2.11. The molecule has 2 unspecified atom stereocenters. The highest BCUT2D eigenvalue weighted by Gasteiger charge is 2.46. The van der Waals surface area contributed by atoms with Crippen LogP contribution in [0.2, 0.25) is 5.02 Å². The fraction of sp³-hybridized carbons (Fsp3) is 0.538. The van der Waals surface area contributed by atoms with Gasteiger partial charge in [-0.25, -0.2) is 4.39 Å². The number of halogens is 2. The number of rotatable bonds is 2. The Balaban J connectivity index is 2.41. The van der Waals surface area contributed by atoms with Gasteiger partial charge < -0.3 is 5.73 Å².